The Labute approximate surface area is 391 Å². The Morgan fingerprint density at radius 1 is 0.821 bits per heavy atom. The van der Waals surface area contributed by atoms with E-state index in [9.17, 15) is 61.0 Å². The standard InChI is InChI=1S/C47H76O20/c1-19(17-61-42-39(57)37(55)34(52)29(16-48)63-42)9-12-47(59)20(2)32-28(67-47)15-27-25-8-7-23-13-24(50)14-31(46(23,6)26(25)10-11-45(27,32)5)65-44-41(38(56)35(53)30(64-44)18-60-22(4)49)66-43-40(58)36(54)33(51)21(3)62-43/h7,19-21,24-44,48,50-59H,8-18H2,1-6H3/t19-,20+,21+,24-,25-,26+,27+,28+,29-,30-,31-,32+,33+,34-,35-,36-,37+,38+,39-,40-,41-,42-,43+,44+,45+,46+,47-/m1/s1. The van der Waals surface area contributed by atoms with Gasteiger partial charge < -0.3 is 94.1 Å². The Kier molecular flexibility index (Phi) is 15.3. The lowest BCUT2D eigenvalue weighted by molar-refractivity contribution is -0.374. The Hall–Kier alpha value is -1.51. The van der Waals surface area contributed by atoms with E-state index in [1.54, 1.807) is 0 Å². The van der Waals surface area contributed by atoms with Crippen LogP contribution in [0.15, 0.2) is 11.6 Å². The van der Waals surface area contributed by atoms with Crippen LogP contribution in [0.1, 0.15) is 92.9 Å². The molecule has 4 saturated heterocycles. The summed E-state index contributed by atoms with van der Waals surface area (Å²) in [5.74, 6) is -1.77. The van der Waals surface area contributed by atoms with E-state index < -0.39 is 135 Å². The minimum atomic E-state index is -1.74. The van der Waals surface area contributed by atoms with Gasteiger partial charge in [-0.15, -0.1) is 0 Å². The van der Waals surface area contributed by atoms with Crippen molar-refractivity contribution in [3.05, 3.63) is 11.6 Å². The Morgan fingerprint density at radius 2 is 1.49 bits per heavy atom. The Balaban J connectivity index is 0.966. The fourth-order valence-electron chi connectivity index (χ4n) is 13.8. The first kappa shape index (κ1) is 51.8. The second kappa shape index (κ2) is 19.8. The molecule has 0 spiro atoms. The van der Waals surface area contributed by atoms with Crippen LogP contribution < -0.4 is 0 Å². The zero-order valence-corrected chi connectivity index (χ0v) is 39.3. The van der Waals surface area contributed by atoms with Gasteiger partial charge in [-0.3, -0.25) is 4.79 Å². The monoisotopic (exact) mass is 960 g/mol. The maximum Gasteiger partial charge on any atom is 0.302 e. The maximum absolute atomic E-state index is 12.2. The minimum Gasteiger partial charge on any atom is -0.463 e. The molecule has 8 aliphatic rings. The summed E-state index contributed by atoms with van der Waals surface area (Å²) in [4.78, 5) is 11.8. The number of fused-ring (bicyclic) bond motifs is 7. The Bertz CT molecular complexity index is 1750. The number of esters is 1. The second-order valence-electron chi connectivity index (χ2n) is 21.7. The largest absolute Gasteiger partial charge is 0.463 e. The van der Waals surface area contributed by atoms with Crippen molar-refractivity contribution in [2.24, 2.45) is 46.3 Å². The molecule has 67 heavy (non-hydrogen) atoms. The summed E-state index contributed by atoms with van der Waals surface area (Å²) in [7, 11) is 0. The van der Waals surface area contributed by atoms with Crippen LogP contribution >= 0.6 is 0 Å². The molecule has 384 valence electrons. The molecule has 0 aromatic heterocycles. The van der Waals surface area contributed by atoms with Gasteiger partial charge in [-0.2, -0.15) is 0 Å². The second-order valence-corrected chi connectivity index (χ2v) is 21.7. The zero-order chi connectivity index (χ0) is 48.7. The van der Waals surface area contributed by atoms with Gasteiger partial charge >= 0.3 is 5.97 Å². The summed E-state index contributed by atoms with van der Waals surface area (Å²) in [6.07, 6.45) is -16.5. The highest BCUT2D eigenvalue weighted by Crippen LogP contribution is 2.70. The van der Waals surface area contributed by atoms with Gasteiger partial charge in [0.25, 0.3) is 0 Å². The predicted octanol–water partition coefficient (Wildman–Crippen LogP) is -1.29. The first-order valence-electron chi connectivity index (χ1n) is 24.4. The Morgan fingerprint density at radius 3 is 2.19 bits per heavy atom. The van der Waals surface area contributed by atoms with Crippen LogP contribution in [-0.4, -0.2) is 198 Å². The van der Waals surface area contributed by atoms with Crippen molar-refractivity contribution in [3.63, 3.8) is 0 Å². The molecule has 7 fully saturated rings. The first-order chi connectivity index (χ1) is 31.5. The van der Waals surface area contributed by atoms with Crippen LogP contribution in [0.5, 0.6) is 0 Å². The van der Waals surface area contributed by atoms with Gasteiger partial charge in [0.2, 0.25) is 0 Å². The van der Waals surface area contributed by atoms with Crippen molar-refractivity contribution >= 4 is 5.97 Å². The van der Waals surface area contributed by atoms with Crippen LogP contribution in [-0.2, 0) is 42.7 Å². The van der Waals surface area contributed by atoms with Gasteiger partial charge in [0.05, 0.1) is 37.6 Å². The van der Waals surface area contributed by atoms with Crippen molar-refractivity contribution in [1.82, 2.24) is 0 Å². The van der Waals surface area contributed by atoms with E-state index in [0.717, 1.165) is 31.3 Å². The molecular weight excluding hydrogens is 884 g/mol. The minimum absolute atomic E-state index is 0.0675. The number of hydrogen-bond acceptors (Lipinski definition) is 20. The van der Waals surface area contributed by atoms with Gasteiger partial charge in [-0.05, 0) is 80.5 Å². The molecule has 0 aromatic rings. The molecule has 8 rings (SSSR count). The molecule has 20 nitrogen and oxygen atoms in total. The summed E-state index contributed by atoms with van der Waals surface area (Å²) >= 11 is 0. The van der Waals surface area contributed by atoms with Crippen molar-refractivity contribution in [1.29, 1.82) is 0 Å². The average molecular weight is 961 g/mol. The van der Waals surface area contributed by atoms with E-state index in [0.29, 0.717) is 19.3 Å². The number of hydrogen-bond donors (Lipinski definition) is 11. The van der Waals surface area contributed by atoms with E-state index in [2.05, 4.69) is 26.8 Å². The number of carbonyl (C=O) groups excluding carboxylic acids is 1. The number of aliphatic hydroxyl groups is 11. The van der Waals surface area contributed by atoms with E-state index in [1.165, 1.54) is 13.8 Å². The maximum atomic E-state index is 12.2. The quantitative estimate of drug-likeness (QED) is 0.0756. The highest BCUT2D eigenvalue weighted by atomic mass is 16.8. The normalized spacial score (nSPS) is 53.4. The van der Waals surface area contributed by atoms with Gasteiger partial charge in [0.1, 0.15) is 73.8 Å². The summed E-state index contributed by atoms with van der Waals surface area (Å²) in [6, 6.07) is 0. The highest BCUT2D eigenvalue weighted by Gasteiger charge is 2.69. The third-order valence-corrected chi connectivity index (χ3v) is 17.7. The molecule has 20 heteroatoms. The summed E-state index contributed by atoms with van der Waals surface area (Å²) in [5.41, 5.74) is 0.231. The van der Waals surface area contributed by atoms with Gasteiger partial charge in [0, 0.05) is 31.1 Å². The smallest absolute Gasteiger partial charge is 0.302 e. The molecule has 4 heterocycles. The van der Waals surface area contributed by atoms with Gasteiger partial charge in [-0.25, -0.2) is 0 Å². The lowest BCUT2D eigenvalue weighted by Crippen LogP contribution is -2.65. The van der Waals surface area contributed by atoms with Crippen LogP contribution in [0, 0.1) is 46.3 Å². The number of rotatable bonds is 13. The van der Waals surface area contributed by atoms with Crippen molar-refractivity contribution in [2.45, 2.75) is 209 Å². The lowest BCUT2D eigenvalue weighted by Gasteiger charge is -2.60. The molecule has 0 radical (unpaired) electrons. The lowest BCUT2D eigenvalue weighted by atomic mass is 9.46. The van der Waals surface area contributed by atoms with Crippen LogP contribution in [0.4, 0.5) is 0 Å². The summed E-state index contributed by atoms with van der Waals surface area (Å²) < 4.78 is 48.1. The third kappa shape index (κ3) is 9.31. The average Bonchev–Trinajstić information content (AvgIpc) is 3.72. The van der Waals surface area contributed by atoms with E-state index in [-0.39, 0.29) is 60.1 Å². The van der Waals surface area contributed by atoms with Crippen LogP contribution in [0.2, 0.25) is 0 Å². The highest BCUT2D eigenvalue weighted by molar-refractivity contribution is 5.65. The topological polar surface area (TPSA) is 313 Å². The molecule has 4 aliphatic heterocycles. The first-order valence-corrected chi connectivity index (χ1v) is 24.4. The van der Waals surface area contributed by atoms with Crippen LogP contribution in [0.3, 0.4) is 0 Å². The molecule has 3 saturated carbocycles. The van der Waals surface area contributed by atoms with E-state index in [1.807, 2.05) is 6.92 Å². The molecule has 0 unspecified atom stereocenters. The predicted molar refractivity (Wildman–Crippen MR) is 228 cm³/mol. The van der Waals surface area contributed by atoms with Crippen molar-refractivity contribution < 1.29 is 98.9 Å². The molecule has 0 bridgehead atoms. The van der Waals surface area contributed by atoms with E-state index >= 15 is 0 Å². The SMILES string of the molecule is CC(=O)OC[C@H]1O[C@@H](O[C@@H]2C[C@H](O)CC3=CC[C@H]4[C@@H]5C[C@@H]6O[C@](O)(CC[C@@H](C)CO[C@@H]7O[C@H](CO)[C@@H](O)[C@H](O)[C@H]7O)[C@@H](C)[C@@H]6[C@@]5(C)CC[C@@H]4[C@]32C)[C@H](O[C@@H]2O[C@@H](C)[C@H](O)[C@@H](O)[C@H]2O)[C@@H](O)[C@@H]1O. The molecule has 0 amide bonds. The number of ether oxygens (including phenoxy) is 8. The molecule has 0 aromatic carbocycles. The number of aliphatic hydroxyl groups excluding tert-OH is 10. The fraction of sp³-hybridized carbons (Fsp3) is 0.936. The van der Waals surface area contributed by atoms with Gasteiger partial charge in [0.15, 0.2) is 24.7 Å². The third-order valence-electron chi connectivity index (χ3n) is 17.7. The number of allylic oxidation sites excluding steroid dienone is 1. The van der Waals surface area contributed by atoms with Crippen molar-refractivity contribution in [3.8, 4) is 0 Å². The molecule has 11 N–H and O–H groups in total. The zero-order valence-electron chi connectivity index (χ0n) is 39.3. The molecule has 4 aliphatic carbocycles. The molecule has 27 atom stereocenters. The molecular formula is C47H76O20. The van der Waals surface area contributed by atoms with E-state index in [4.69, 9.17) is 37.9 Å². The summed E-state index contributed by atoms with van der Waals surface area (Å²) in [6.45, 7) is 10.3. The van der Waals surface area contributed by atoms with Gasteiger partial charge in [-0.1, -0.05) is 39.3 Å². The number of carbonyl (C=O) groups is 1. The fourth-order valence-corrected chi connectivity index (χ4v) is 13.8. The summed E-state index contributed by atoms with van der Waals surface area (Å²) in [5, 5.41) is 118. The van der Waals surface area contributed by atoms with Crippen LogP contribution in [0.25, 0.3) is 0 Å². The van der Waals surface area contributed by atoms with Crippen molar-refractivity contribution in [2.75, 3.05) is 19.8 Å².